The Labute approximate surface area is 186 Å². The van der Waals surface area contributed by atoms with Gasteiger partial charge in [-0.05, 0) is 48.7 Å². The minimum atomic E-state index is -0.0419. The maximum atomic E-state index is 13.3. The SMILES string of the molecule is COCCN(Cc1cc(NC(=O)CC(C)C)ccc1N(C)C)C(=O)c1cccc(C)c1. The Hall–Kier alpha value is -2.86. The van der Waals surface area contributed by atoms with E-state index in [-0.39, 0.29) is 17.7 Å². The second-order valence-corrected chi connectivity index (χ2v) is 8.47. The summed E-state index contributed by atoms with van der Waals surface area (Å²) in [5.74, 6) is 0.238. The van der Waals surface area contributed by atoms with Crippen LogP contribution in [0.25, 0.3) is 0 Å². The quantitative estimate of drug-likeness (QED) is 0.615. The Balaban J connectivity index is 2.33. The van der Waals surface area contributed by atoms with Crippen LogP contribution in [0.3, 0.4) is 0 Å². The van der Waals surface area contributed by atoms with Gasteiger partial charge < -0.3 is 19.9 Å². The summed E-state index contributed by atoms with van der Waals surface area (Å²) in [4.78, 5) is 29.3. The first-order valence-corrected chi connectivity index (χ1v) is 10.7. The molecular formula is C25H35N3O3. The summed E-state index contributed by atoms with van der Waals surface area (Å²) in [5.41, 5.74) is 4.40. The number of hydrogen-bond acceptors (Lipinski definition) is 4. The molecule has 2 aromatic carbocycles. The van der Waals surface area contributed by atoms with Gasteiger partial charge in [-0.2, -0.15) is 0 Å². The fraction of sp³-hybridized carbons (Fsp3) is 0.440. The molecule has 6 nitrogen and oxygen atoms in total. The van der Waals surface area contributed by atoms with Gasteiger partial charge in [0, 0.05) is 57.7 Å². The fourth-order valence-electron chi connectivity index (χ4n) is 3.43. The molecule has 2 aromatic rings. The van der Waals surface area contributed by atoms with Crippen LogP contribution < -0.4 is 10.2 Å². The van der Waals surface area contributed by atoms with Crippen molar-refractivity contribution in [3.8, 4) is 0 Å². The Morgan fingerprint density at radius 1 is 1.10 bits per heavy atom. The molecular weight excluding hydrogens is 390 g/mol. The van der Waals surface area contributed by atoms with Crippen molar-refractivity contribution in [1.82, 2.24) is 4.90 Å². The minimum absolute atomic E-state index is 0.00868. The summed E-state index contributed by atoms with van der Waals surface area (Å²) >= 11 is 0. The molecule has 2 amide bonds. The molecule has 0 fully saturated rings. The third-order valence-electron chi connectivity index (χ3n) is 4.92. The van der Waals surface area contributed by atoms with Gasteiger partial charge in [-0.1, -0.05) is 31.5 Å². The number of nitrogens with zero attached hydrogens (tertiary/aromatic N) is 2. The smallest absolute Gasteiger partial charge is 0.254 e. The van der Waals surface area contributed by atoms with Gasteiger partial charge in [0.1, 0.15) is 0 Å². The van der Waals surface area contributed by atoms with E-state index >= 15 is 0 Å². The van der Waals surface area contributed by atoms with E-state index in [1.165, 1.54) is 0 Å². The van der Waals surface area contributed by atoms with Crippen LogP contribution in [0.15, 0.2) is 42.5 Å². The number of rotatable bonds is 10. The number of methoxy groups -OCH3 is 1. The molecule has 0 radical (unpaired) electrons. The summed E-state index contributed by atoms with van der Waals surface area (Å²) in [7, 11) is 5.57. The lowest BCUT2D eigenvalue weighted by molar-refractivity contribution is -0.116. The van der Waals surface area contributed by atoms with E-state index in [1.54, 1.807) is 12.0 Å². The van der Waals surface area contributed by atoms with Crippen LogP contribution >= 0.6 is 0 Å². The topological polar surface area (TPSA) is 61.9 Å². The number of amides is 2. The molecule has 6 heteroatoms. The van der Waals surface area contributed by atoms with Crippen LogP contribution in [0.4, 0.5) is 11.4 Å². The predicted molar refractivity (Wildman–Crippen MR) is 127 cm³/mol. The average Bonchev–Trinajstić information content (AvgIpc) is 2.69. The van der Waals surface area contributed by atoms with Crippen LogP contribution in [-0.2, 0) is 16.1 Å². The van der Waals surface area contributed by atoms with E-state index in [9.17, 15) is 9.59 Å². The number of anilines is 2. The molecule has 0 saturated carbocycles. The zero-order chi connectivity index (χ0) is 23.0. The molecule has 168 valence electrons. The first kappa shape index (κ1) is 24.4. The van der Waals surface area contributed by atoms with Crippen molar-refractivity contribution in [3.63, 3.8) is 0 Å². The zero-order valence-electron chi connectivity index (χ0n) is 19.6. The predicted octanol–water partition coefficient (Wildman–Crippen LogP) is 4.33. The highest BCUT2D eigenvalue weighted by Crippen LogP contribution is 2.25. The Morgan fingerprint density at radius 2 is 1.84 bits per heavy atom. The number of carbonyl (C=O) groups excluding carboxylic acids is 2. The summed E-state index contributed by atoms with van der Waals surface area (Å²) in [6, 6.07) is 13.4. The first-order valence-electron chi connectivity index (χ1n) is 10.7. The largest absolute Gasteiger partial charge is 0.383 e. The van der Waals surface area contributed by atoms with Crippen molar-refractivity contribution in [1.29, 1.82) is 0 Å². The second-order valence-electron chi connectivity index (χ2n) is 8.47. The standard InChI is InChI=1S/C25H35N3O3/c1-18(2)14-24(29)26-22-10-11-23(27(4)5)21(16-22)17-28(12-13-31-6)25(30)20-9-7-8-19(3)15-20/h7-11,15-16,18H,12-14,17H2,1-6H3,(H,26,29). The van der Waals surface area contributed by atoms with Gasteiger partial charge in [0.25, 0.3) is 5.91 Å². The minimum Gasteiger partial charge on any atom is -0.383 e. The molecule has 0 bridgehead atoms. The van der Waals surface area contributed by atoms with Crippen LogP contribution in [-0.4, -0.2) is 51.1 Å². The molecule has 0 unspecified atom stereocenters. The Kier molecular flexibility index (Phi) is 9.06. The van der Waals surface area contributed by atoms with Gasteiger partial charge in [0.05, 0.1) is 6.61 Å². The van der Waals surface area contributed by atoms with E-state index in [4.69, 9.17) is 4.74 Å². The van der Waals surface area contributed by atoms with E-state index in [0.717, 1.165) is 22.5 Å². The molecule has 0 saturated heterocycles. The average molecular weight is 426 g/mol. The van der Waals surface area contributed by atoms with E-state index in [2.05, 4.69) is 5.32 Å². The molecule has 0 aliphatic rings. The Morgan fingerprint density at radius 3 is 2.45 bits per heavy atom. The summed E-state index contributed by atoms with van der Waals surface area (Å²) in [6.07, 6.45) is 0.469. The normalized spacial score (nSPS) is 10.8. The van der Waals surface area contributed by atoms with Crippen molar-refractivity contribution < 1.29 is 14.3 Å². The Bertz CT molecular complexity index is 893. The van der Waals surface area contributed by atoms with E-state index < -0.39 is 0 Å². The van der Waals surface area contributed by atoms with E-state index in [1.807, 2.05) is 82.2 Å². The lowest BCUT2D eigenvalue weighted by Crippen LogP contribution is -2.34. The second kappa shape index (κ2) is 11.5. The summed E-state index contributed by atoms with van der Waals surface area (Å²) in [6.45, 7) is 7.34. The zero-order valence-corrected chi connectivity index (χ0v) is 19.6. The highest BCUT2D eigenvalue weighted by Gasteiger charge is 2.19. The van der Waals surface area contributed by atoms with Crippen LogP contribution in [0.1, 0.15) is 41.8 Å². The highest BCUT2D eigenvalue weighted by molar-refractivity contribution is 5.94. The molecule has 0 aromatic heterocycles. The monoisotopic (exact) mass is 425 g/mol. The molecule has 0 spiro atoms. The number of benzene rings is 2. The summed E-state index contributed by atoms with van der Waals surface area (Å²) < 4.78 is 5.25. The fourth-order valence-corrected chi connectivity index (χ4v) is 3.43. The van der Waals surface area contributed by atoms with E-state index in [0.29, 0.717) is 31.7 Å². The number of hydrogen-bond donors (Lipinski definition) is 1. The van der Waals surface area contributed by atoms with Gasteiger partial charge in [-0.25, -0.2) is 0 Å². The van der Waals surface area contributed by atoms with Crippen molar-refractivity contribution in [3.05, 3.63) is 59.2 Å². The molecule has 0 aliphatic heterocycles. The van der Waals surface area contributed by atoms with Gasteiger partial charge in [0.2, 0.25) is 5.91 Å². The maximum absolute atomic E-state index is 13.3. The van der Waals surface area contributed by atoms with Crippen LogP contribution in [0, 0.1) is 12.8 Å². The number of carbonyl (C=O) groups is 2. The van der Waals surface area contributed by atoms with Gasteiger partial charge in [0.15, 0.2) is 0 Å². The highest BCUT2D eigenvalue weighted by atomic mass is 16.5. The van der Waals surface area contributed by atoms with Gasteiger partial charge >= 0.3 is 0 Å². The third-order valence-corrected chi connectivity index (χ3v) is 4.92. The number of ether oxygens (including phenoxy) is 1. The third kappa shape index (κ3) is 7.40. The number of nitrogens with one attached hydrogen (secondary N) is 1. The molecule has 1 N–H and O–H groups in total. The molecule has 31 heavy (non-hydrogen) atoms. The van der Waals surface area contributed by atoms with Crippen LogP contribution in [0.5, 0.6) is 0 Å². The van der Waals surface area contributed by atoms with Gasteiger partial charge in [-0.15, -0.1) is 0 Å². The maximum Gasteiger partial charge on any atom is 0.254 e. The van der Waals surface area contributed by atoms with Crippen molar-refractivity contribution >= 4 is 23.2 Å². The van der Waals surface area contributed by atoms with Crippen molar-refractivity contribution in [2.75, 3.05) is 44.6 Å². The molecule has 0 atom stereocenters. The number of aryl methyl sites for hydroxylation is 1. The lowest BCUT2D eigenvalue weighted by atomic mass is 10.1. The molecule has 2 rings (SSSR count). The molecule has 0 aliphatic carbocycles. The van der Waals surface area contributed by atoms with Crippen molar-refractivity contribution in [2.45, 2.75) is 33.7 Å². The summed E-state index contributed by atoms with van der Waals surface area (Å²) in [5, 5.41) is 2.98. The van der Waals surface area contributed by atoms with Gasteiger partial charge in [-0.3, -0.25) is 9.59 Å². The van der Waals surface area contributed by atoms with Crippen LogP contribution in [0.2, 0.25) is 0 Å². The van der Waals surface area contributed by atoms with Crippen molar-refractivity contribution in [2.24, 2.45) is 5.92 Å². The molecule has 0 heterocycles. The lowest BCUT2D eigenvalue weighted by Gasteiger charge is -2.26. The first-order chi connectivity index (χ1) is 14.7.